The van der Waals surface area contributed by atoms with E-state index in [2.05, 4.69) is 6.92 Å². The minimum atomic E-state index is -2.77. The Balaban J connectivity index is 7.06. The van der Waals surface area contributed by atoms with E-state index in [1.54, 1.807) is 128 Å². The van der Waals surface area contributed by atoms with Crippen molar-refractivity contribution in [2.24, 2.45) is 5.92 Å². The van der Waals surface area contributed by atoms with Crippen LogP contribution in [0.5, 0.6) is 0 Å². The molecule has 0 radical (unpaired) electrons. The van der Waals surface area contributed by atoms with Gasteiger partial charge in [-0.2, -0.15) is 0 Å². The van der Waals surface area contributed by atoms with Crippen LogP contribution in [0.2, 0.25) is 84.6 Å². The smallest absolute Gasteiger partial charge is 0.377 e. The largest absolute Gasteiger partial charge is 0.500 e. The lowest BCUT2D eigenvalue weighted by Crippen LogP contribution is -2.45. The molecule has 0 bridgehead atoms. The lowest BCUT2D eigenvalue weighted by molar-refractivity contribution is 0.122. The van der Waals surface area contributed by atoms with Crippen LogP contribution < -0.4 is 0 Å². The number of hydrogen-bond acceptors (Lipinski definition) is 18. The fourth-order valence-corrected chi connectivity index (χ4v) is 34.2. The summed E-state index contributed by atoms with van der Waals surface area (Å²) in [4.78, 5) is 0. The topological polar surface area (TPSA) is 166 Å². The molecule has 18 nitrogen and oxygen atoms in total. The molecule has 0 amide bonds. The molecule has 0 unspecified atom stereocenters. The molecule has 0 atom stereocenters. The van der Waals surface area contributed by atoms with E-state index >= 15 is 0 Å². The number of rotatable bonds is 52. The molecule has 0 aromatic heterocycles. The monoisotopic (exact) mass is 1170 g/mol. The van der Waals surface area contributed by atoms with Gasteiger partial charge in [0.1, 0.15) is 0 Å². The SMILES string of the molecule is CCCC(CCC[Si](CCC[Si](OC)(OC)OC)(CCC[Si](OC)(OC)OC)CCC[Si](OC)(OC)OC)CCC[Si](CCC[Si](OC)(OC)OC)(CCC[Si](OC)(OC)OC)CCC[Si](OC)(OC)OC. The van der Waals surface area contributed by atoms with Gasteiger partial charge >= 0.3 is 52.8 Å². The maximum absolute atomic E-state index is 5.93. The maximum atomic E-state index is 5.93. The lowest BCUT2D eigenvalue weighted by atomic mass is 9.94. The zero-order valence-electron chi connectivity index (χ0n) is 49.3. The summed E-state index contributed by atoms with van der Waals surface area (Å²) in [5, 5.41) is 0. The minimum Gasteiger partial charge on any atom is -0.377 e. The fourth-order valence-electron chi connectivity index (χ4n) is 11.3. The van der Waals surface area contributed by atoms with E-state index in [4.69, 9.17) is 79.7 Å². The summed E-state index contributed by atoms with van der Waals surface area (Å²) in [5.41, 5.74) is 0. The van der Waals surface area contributed by atoms with Crippen molar-refractivity contribution in [1.82, 2.24) is 0 Å². The van der Waals surface area contributed by atoms with Crippen LogP contribution >= 0.6 is 0 Å². The molecule has 0 spiro atoms. The molecule has 0 aromatic carbocycles. The zero-order chi connectivity index (χ0) is 54.7. The van der Waals surface area contributed by atoms with E-state index in [1.165, 1.54) is 44.2 Å². The first-order chi connectivity index (χ1) is 34.5. The molecular weight excluding hydrogens is 1070 g/mol. The predicted octanol–water partition coefficient (Wildman–Crippen LogP) is 10.5. The molecule has 0 N–H and O–H groups in total. The highest BCUT2D eigenvalue weighted by molar-refractivity contribution is 6.81. The van der Waals surface area contributed by atoms with Gasteiger partial charge in [0.05, 0.1) is 16.1 Å². The number of hydrogen-bond donors (Lipinski definition) is 0. The van der Waals surface area contributed by atoms with Crippen molar-refractivity contribution >= 4 is 69.0 Å². The van der Waals surface area contributed by atoms with Crippen LogP contribution in [0, 0.1) is 5.92 Å². The molecule has 0 aromatic rings. The summed E-state index contributed by atoms with van der Waals surface area (Å²) in [6.07, 6.45) is 13.1. The third-order valence-corrected chi connectivity index (χ3v) is 44.4. The highest BCUT2D eigenvalue weighted by atomic mass is 28.4. The Morgan fingerprint density at radius 3 is 0.500 bits per heavy atom. The van der Waals surface area contributed by atoms with E-state index in [0.717, 1.165) is 117 Å². The quantitative estimate of drug-likeness (QED) is 0.0527. The van der Waals surface area contributed by atoms with Gasteiger partial charge in [-0.15, -0.1) is 0 Å². The van der Waals surface area contributed by atoms with Crippen LogP contribution in [0.25, 0.3) is 0 Å². The second-order valence-electron chi connectivity index (χ2n) is 19.3. The Kier molecular flexibility index (Phi) is 40.0. The van der Waals surface area contributed by atoms with Crippen LogP contribution in [0.3, 0.4) is 0 Å². The van der Waals surface area contributed by atoms with Crippen molar-refractivity contribution in [1.29, 1.82) is 0 Å². The molecular formula is C46H110O18Si8. The average Bonchev–Trinajstić information content (AvgIpc) is 3.42. The fraction of sp³-hybridized carbons (Fsp3) is 1.00. The Hall–Kier alpha value is 1.02. The molecule has 0 rings (SSSR count). The summed E-state index contributed by atoms with van der Waals surface area (Å²) in [6.45, 7) is 2.34. The molecule has 0 fully saturated rings. The van der Waals surface area contributed by atoms with E-state index in [9.17, 15) is 0 Å². The van der Waals surface area contributed by atoms with Crippen molar-refractivity contribution in [2.75, 3.05) is 128 Å². The molecule has 0 aliphatic heterocycles. The van der Waals surface area contributed by atoms with Crippen LogP contribution in [-0.4, -0.2) is 197 Å². The summed E-state index contributed by atoms with van der Waals surface area (Å²) >= 11 is 0. The molecule has 0 saturated carbocycles. The van der Waals surface area contributed by atoms with Gasteiger partial charge in [-0.3, -0.25) is 0 Å². The molecule has 0 heterocycles. The van der Waals surface area contributed by atoms with Gasteiger partial charge < -0.3 is 79.7 Å². The van der Waals surface area contributed by atoms with Gasteiger partial charge in [-0.05, 0) is 5.92 Å². The Morgan fingerprint density at radius 2 is 0.361 bits per heavy atom. The van der Waals surface area contributed by atoms with Gasteiger partial charge in [0.25, 0.3) is 0 Å². The summed E-state index contributed by atoms with van der Waals surface area (Å²) in [7, 11) is 10.2. The Morgan fingerprint density at radius 1 is 0.208 bits per heavy atom. The lowest BCUT2D eigenvalue weighted by Gasteiger charge is -2.36. The van der Waals surface area contributed by atoms with Crippen molar-refractivity contribution in [2.45, 2.75) is 169 Å². The maximum Gasteiger partial charge on any atom is 0.500 e. The molecule has 434 valence electrons. The first-order valence-corrected chi connectivity index (χ1v) is 43.7. The first-order valence-electron chi connectivity index (χ1n) is 26.4. The summed E-state index contributed by atoms with van der Waals surface area (Å²) in [6, 6.07) is 14.0. The van der Waals surface area contributed by atoms with Crippen LogP contribution in [0.4, 0.5) is 0 Å². The standard InChI is InChI=1S/C46H110O18Si8/c1-20-29-46(30-21-32-65(34-23-40-67(47-2,48-3)49-4,35-24-41-68(50-5,51-6)52-7)36-25-42-69(53-8,54-9)55-10)31-22-33-66(37-26-43-70(56-11,57-12)58-13,38-27-44-71(59-14,60-15)61-16)39-28-45-72(62-17,63-18)64-19/h46H,20-45H2,1-19H3. The van der Waals surface area contributed by atoms with Gasteiger partial charge in [-0.1, -0.05) is 132 Å². The molecule has 0 saturated heterocycles. The highest BCUT2D eigenvalue weighted by Crippen LogP contribution is 2.41. The van der Waals surface area contributed by atoms with Crippen molar-refractivity contribution < 1.29 is 79.7 Å². The molecule has 26 heteroatoms. The Bertz CT molecular complexity index is 1030. The van der Waals surface area contributed by atoms with E-state index < -0.39 is 69.0 Å². The van der Waals surface area contributed by atoms with E-state index in [-0.39, 0.29) is 0 Å². The third-order valence-electron chi connectivity index (χ3n) is 16.1. The second kappa shape index (κ2) is 39.4. The third kappa shape index (κ3) is 24.2. The van der Waals surface area contributed by atoms with Crippen LogP contribution in [-0.2, 0) is 79.7 Å². The first kappa shape index (κ1) is 73.0. The summed E-state index contributed by atoms with van der Waals surface area (Å²) in [5.74, 6) is 0.636. The zero-order valence-corrected chi connectivity index (χ0v) is 57.3. The second-order valence-corrected chi connectivity index (χ2v) is 47.9. The van der Waals surface area contributed by atoms with Gasteiger partial charge in [0, 0.05) is 164 Å². The molecule has 0 aliphatic rings. The predicted molar refractivity (Wildman–Crippen MR) is 304 cm³/mol. The normalized spacial score (nSPS) is 13.8. The van der Waals surface area contributed by atoms with Crippen molar-refractivity contribution in [3.8, 4) is 0 Å². The van der Waals surface area contributed by atoms with Crippen molar-refractivity contribution in [3.05, 3.63) is 0 Å². The summed E-state index contributed by atoms with van der Waals surface area (Å²) < 4.78 is 107. The molecule has 0 aliphatic carbocycles. The van der Waals surface area contributed by atoms with E-state index in [0.29, 0.717) is 5.92 Å². The minimum absolute atomic E-state index is 0.636. The van der Waals surface area contributed by atoms with Gasteiger partial charge in [-0.25, -0.2) is 0 Å². The van der Waals surface area contributed by atoms with E-state index in [1.807, 2.05) is 0 Å². The highest BCUT2D eigenvalue weighted by Gasteiger charge is 2.46. The Labute approximate surface area is 448 Å². The van der Waals surface area contributed by atoms with Crippen LogP contribution in [0.15, 0.2) is 0 Å². The average molecular weight is 1180 g/mol. The van der Waals surface area contributed by atoms with Gasteiger partial charge in [0.15, 0.2) is 0 Å². The molecule has 72 heavy (non-hydrogen) atoms. The van der Waals surface area contributed by atoms with Crippen molar-refractivity contribution in [3.63, 3.8) is 0 Å². The van der Waals surface area contributed by atoms with Gasteiger partial charge in [0.2, 0.25) is 0 Å². The van der Waals surface area contributed by atoms with Crippen LogP contribution in [0.1, 0.15) is 84.0 Å².